The van der Waals surface area contributed by atoms with Gasteiger partial charge in [-0.25, -0.2) is 0 Å². The zero-order chi connectivity index (χ0) is 5.70. The van der Waals surface area contributed by atoms with Gasteiger partial charge in [0.15, 0.2) is 0 Å². The van der Waals surface area contributed by atoms with Crippen molar-refractivity contribution in [3.05, 3.63) is 0 Å². The molecule has 0 saturated heterocycles. The Morgan fingerprint density at radius 3 is 2.57 bits per heavy atom. The summed E-state index contributed by atoms with van der Waals surface area (Å²) in [6.07, 6.45) is 0. The predicted octanol–water partition coefficient (Wildman–Crippen LogP) is -0.0278. The highest BCUT2D eigenvalue weighted by molar-refractivity contribution is 7.30. The van der Waals surface area contributed by atoms with Gasteiger partial charge in [-0.2, -0.15) is 4.89 Å². The van der Waals surface area contributed by atoms with E-state index in [1.165, 1.54) is 0 Å². The van der Waals surface area contributed by atoms with Gasteiger partial charge in [0, 0.05) is 4.67 Å². The first-order chi connectivity index (χ1) is 3.27. The third-order valence-corrected chi connectivity index (χ3v) is 0.459. The Hall–Kier alpha value is -0.0200. The molecule has 5 heteroatoms. The van der Waals surface area contributed by atoms with E-state index in [9.17, 15) is 9.46 Å². The Morgan fingerprint density at radius 2 is 2.43 bits per heavy atom. The molecule has 0 fully saturated rings. The summed E-state index contributed by atoms with van der Waals surface area (Å²) in [6, 6.07) is 0. The molecule has 1 unspecified atom stereocenters. The maximum absolute atomic E-state index is 9.45. The normalized spacial score (nSPS) is 11.4. The first-order valence-electron chi connectivity index (χ1n) is 1.71. The van der Waals surface area contributed by atoms with Gasteiger partial charge in [-0.05, 0) is 11.5 Å². The van der Waals surface area contributed by atoms with Crippen molar-refractivity contribution >= 4 is 8.25 Å². The first-order valence-corrected chi connectivity index (χ1v) is 2.81. The molecule has 42 valence electrons. The number of hydrogen-bond donors (Lipinski definition) is 0. The average molecular weight is 124 g/mol. The Bertz CT molecular complexity index is 62.7. The Morgan fingerprint density at radius 1 is 1.86 bits per heavy atom. The second-order valence-corrected chi connectivity index (χ2v) is 1.30. The van der Waals surface area contributed by atoms with Gasteiger partial charge in [0.1, 0.15) is 0 Å². The standard InChI is InChI=1S/C2H5O4P/c1-2-5-6-7(3)4/h2H2,1H3. The predicted molar refractivity (Wildman–Crippen MR) is 20.3 cm³/mol. The minimum atomic E-state index is -2.83. The average Bonchev–Trinajstić information content (AvgIpc) is 1.61. The summed E-state index contributed by atoms with van der Waals surface area (Å²) >= 11 is 0. The van der Waals surface area contributed by atoms with Crippen molar-refractivity contribution in [1.82, 2.24) is 0 Å². The van der Waals surface area contributed by atoms with Crippen LogP contribution in [0.2, 0.25) is 0 Å². The van der Waals surface area contributed by atoms with E-state index in [1.54, 1.807) is 6.92 Å². The fourth-order valence-electron chi connectivity index (χ4n) is 0.0957. The van der Waals surface area contributed by atoms with E-state index < -0.39 is 8.25 Å². The van der Waals surface area contributed by atoms with E-state index in [4.69, 9.17) is 0 Å². The summed E-state index contributed by atoms with van der Waals surface area (Å²) in [5.74, 6) is 0. The van der Waals surface area contributed by atoms with Crippen LogP contribution in [0.15, 0.2) is 0 Å². The molecule has 1 atom stereocenters. The van der Waals surface area contributed by atoms with Gasteiger partial charge in [-0.3, -0.25) is 0 Å². The zero-order valence-electron chi connectivity index (χ0n) is 3.79. The van der Waals surface area contributed by atoms with Crippen molar-refractivity contribution in [1.29, 1.82) is 0 Å². The molecule has 0 radical (unpaired) electrons. The molecule has 0 aromatic heterocycles. The van der Waals surface area contributed by atoms with Gasteiger partial charge in [0.25, 0.3) is 0 Å². The van der Waals surface area contributed by atoms with Crippen LogP contribution in [0.4, 0.5) is 0 Å². The minimum absolute atomic E-state index is 0.239. The van der Waals surface area contributed by atoms with Crippen LogP contribution in [0.5, 0.6) is 0 Å². The molecule has 0 bridgehead atoms. The second kappa shape index (κ2) is 4.15. The van der Waals surface area contributed by atoms with Crippen LogP contribution in [0.25, 0.3) is 0 Å². The molecule has 0 saturated carbocycles. The van der Waals surface area contributed by atoms with E-state index in [2.05, 4.69) is 9.56 Å². The zero-order valence-corrected chi connectivity index (χ0v) is 4.68. The third kappa shape index (κ3) is 5.98. The molecule has 0 N–H and O–H groups in total. The van der Waals surface area contributed by atoms with E-state index >= 15 is 0 Å². The quantitative estimate of drug-likeness (QED) is 0.301. The largest absolute Gasteiger partial charge is 0.565 e. The van der Waals surface area contributed by atoms with Crippen molar-refractivity contribution in [2.75, 3.05) is 6.61 Å². The molecule has 0 aromatic rings. The molecular weight excluding hydrogens is 119 g/mol. The van der Waals surface area contributed by atoms with Gasteiger partial charge in [0.05, 0.1) is 6.61 Å². The van der Waals surface area contributed by atoms with Crippen LogP contribution in [0, 0.1) is 0 Å². The van der Waals surface area contributed by atoms with Gasteiger partial charge < -0.3 is 4.89 Å². The van der Waals surface area contributed by atoms with Crippen molar-refractivity contribution in [3.8, 4) is 0 Å². The SMILES string of the molecule is CCOO[P+](=O)[O-]. The van der Waals surface area contributed by atoms with Crippen molar-refractivity contribution < 1.29 is 19.0 Å². The monoisotopic (exact) mass is 124 g/mol. The van der Waals surface area contributed by atoms with Gasteiger partial charge >= 0.3 is 8.25 Å². The summed E-state index contributed by atoms with van der Waals surface area (Å²) in [6.45, 7) is 1.86. The van der Waals surface area contributed by atoms with Crippen LogP contribution < -0.4 is 4.89 Å². The van der Waals surface area contributed by atoms with Gasteiger partial charge in [-0.1, -0.05) is 0 Å². The summed E-state index contributed by atoms with van der Waals surface area (Å²) < 4.78 is 13.1. The van der Waals surface area contributed by atoms with Gasteiger partial charge in [0.2, 0.25) is 0 Å². The summed E-state index contributed by atoms with van der Waals surface area (Å²) in [7, 11) is -2.83. The number of rotatable bonds is 3. The van der Waals surface area contributed by atoms with Crippen LogP contribution in [-0.2, 0) is 14.1 Å². The topological polar surface area (TPSA) is 58.6 Å². The third-order valence-electron chi connectivity index (χ3n) is 0.231. The fourth-order valence-corrected chi connectivity index (χ4v) is 0.287. The lowest BCUT2D eigenvalue weighted by atomic mass is 10.9. The molecule has 0 aliphatic carbocycles. The van der Waals surface area contributed by atoms with Crippen molar-refractivity contribution in [3.63, 3.8) is 0 Å². The fraction of sp³-hybridized carbons (Fsp3) is 1.00. The summed E-state index contributed by atoms with van der Waals surface area (Å²) in [5.41, 5.74) is 0. The van der Waals surface area contributed by atoms with Gasteiger partial charge in [-0.15, -0.1) is 0 Å². The van der Waals surface area contributed by atoms with E-state index in [0.29, 0.717) is 0 Å². The maximum atomic E-state index is 9.45. The molecule has 0 aliphatic rings. The van der Waals surface area contributed by atoms with Crippen molar-refractivity contribution in [2.45, 2.75) is 6.92 Å². The van der Waals surface area contributed by atoms with Crippen LogP contribution in [0.1, 0.15) is 6.92 Å². The summed E-state index contributed by atoms with van der Waals surface area (Å²) in [5, 5.41) is 0. The number of hydrogen-bond acceptors (Lipinski definition) is 4. The Kier molecular flexibility index (Phi) is 4.14. The molecule has 0 rings (SSSR count). The highest BCUT2D eigenvalue weighted by Crippen LogP contribution is 2.07. The maximum Gasteiger partial charge on any atom is 0.521 e. The van der Waals surface area contributed by atoms with E-state index in [1.807, 2.05) is 0 Å². The first kappa shape index (κ1) is 6.98. The lowest BCUT2D eigenvalue weighted by molar-refractivity contribution is -0.270. The van der Waals surface area contributed by atoms with Crippen LogP contribution in [-0.4, -0.2) is 6.61 Å². The molecule has 0 amide bonds. The minimum Gasteiger partial charge on any atom is -0.565 e. The van der Waals surface area contributed by atoms with Crippen LogP contribution >= 0.6 is 8.25 Å². The van der Waals surface area contributed by atoms with E-state index in [0.717, 1.165) is 0 Å². The molecular formula is C2H5O4P. The molecule has 7 heavy (non-hydrogen) atoms. The lowest BCUT2D eigenvalue weighted by Crippen LogP contribution is -1.92. The molecule has 0 spiro atoms. The highest BCUT2D eigenvalue weighted by Gasteiger charge is 1.97. The van der Waals surface area contributed by atoms with Crippen LogP contribution in [0.3, 0.4) is 0 Å². The second-order valence-electron chi connectivity index (χ2n) is 0.705. The Balaban J connectivity index is 2.82. The summed E-state index contributed by atoms with van der Waals surface area (Å²) in [4.78, 5) is 13.4. The van der Waals surface area contributed by atoms with Crippen molar-refractivity contribution in [2.24, 2.45) is 0 Å². The molecule has 0 aromatic carbocycles. The highest BCUT2D eigenvalue weighted by atomic mass is 31.1. The van der Waals surface area contributed by atoms with E-state index in [-0.39, 0.29) is 6.61 Å². The smallest absolute Gasteiger partial charge is 0.521 e. The molecule has 4 nitrogen and oxygen atoms in total. The molecule has 0 aliphatic heterocycles. The lowest BCUT2D eigenvalue weighted by Gasteiger charge is -1.84. The Labute approximate surface area is 41.9 Å². The molecule has 0 heterocycles.